The van der Waals surface area contributed by atoms with Crippen LogP contribution in [-0.2, 0) is 25.4 Å². The van der Waals surface area contributed by atoms with Crippen LogP contribution >= 0.6 is 0 Å². The molecule has 2 aromatic rings. The molecular weight excluding hydrogens is 562 g/mol. The number of rotatable bonds is 6. The van der Waals surface area contributed by atoms with Crippen LogP contribution in [0.3, 0.4) is 0 Å². The van der Waals surface area contributed by atoms with Gasteiger partial charge in [-0.2, -0.15) is 0 Å². The van der Waals surface area contributed by atoms with Crippen molar-refractivity contribution < 1.29 is 53.8 Å². The summed E-state index contributed by atoms with van der Waals surface area (Å²) in [6, 6.07) is 3.71. The minimum Gasteiger partial charge on any atom is -0.507 e. The lowest BCUT2D eigenvalue weighted by atomic mass is 9.72. The van der Waals surface area contributed by atoms with Crippen molar-refractivity contribution in [3.8, 4) is 17.2 Å². The maximum atomic E-state index is 13.8. The third kappa shape index (κ3) is 5.32. The fourth-order valence-electron chi connectivity index (χ4n) is 6.02. The van der Waals surface area contributed by atoms with Crippen molar-refractivity contribution in [2.24, 2.45) is 5.73 Å². The Kier molecular flexibility index (Phi) is 7.91. The molecule has 0 amide bonds. The Morgan fingerprint density at radius 1 is 1.12 bits per heavy atom. The highest BCUT2D eigenvalue weighted by Gasteiger charge is 2.50. The summed E-state index contributed by atoms with van der Waals surface area (Å²) >= 11 is 0. The monoisotopic (exact) mass is 599 g/mol. The largest absolute Gasteiger partial charge is 0.507 e. The van der Waals surface area contributed by atoms with Crippen molar-refractivity contribution in [2.75, 3.05) is 13.7 Å². The maximum Gasteiger partial charge on any atom is 0.202 e. The summed E-state index contributed by atoms with van der Waals surface area (Å²) in [4.78, 5) is 40.9. The smallest absolute Gasteiger partial charge is 0.202 e. The van der Waals surface area contributed by atoms with Crippen molar-refractivity contribution in [1.82, 2.24) is 0 Å². The van der Waals surface area contributed by atoms with E-state index in [0.717, 1.165) is 0 Å². The molecule has 12 heteroatoms. The molecule has 0 aromatic heterocycles. The molecule has 6 N–H and O–H groups in total. The van der Waals surface area contributed by atoms with Gasteiger partial charge in [0.05, 0.1) is 47.7 Å². The number of ketones is 3. The van der Waals surface area contributed by atoms with Gasteiger partial charge in [0.1, 0.15) is 29.5 Å². The number of carbonyl (C=O) groups is 3. The van der Waals surface area contributed by atoms with E-state index in [-0.39, 0.29) is 34.4 Å². The standard InChI is InChI=1S/C31H37NO11/c1-13-25(34)16(32)9-20(42-13)43-18-11-31(39,19(33)12-41-30(2,3)4)10-15-22(18)29(38)24-23(27(15)36)26(35)14-7-6-8-17(40-5)21(14)28(24)37/h6-8,13,16,18,20,25,34,36,38-39H,9-12,32H2,1-5H3/t13-,16-,18-,20?,25+,31-/m0/s1. The summed E-state index contributed by atoms with van der Waals surface area (Å²) in [6.07, 6.45) is -4.87. The van der Waals surface area contributed by atoms with Gasteiger partial charge in [0, 0.05) is 42.0 Å². The number of methoxy groups -OCH3 is 1. The number of hydrogen-bond acceptors (Lipinski definition) is 12. The summed E-state index contributed by atoms with van der Waals surface area (Å²) in [5, 5.41) is 45.2. The van der Waals surface area contributed by atoms with Crippen LogP contribution in [0.1, 0.15) is 89.6 Å². The van der Waals surface area contributed by atoms with E-state index >= 15 is 0 Å². The molecule has 0 saturated carbocycles. The molecule has 0 radical (unpaired) electrons. The lowest BCUT2D eigenvalue weighted by Crippen LogP contribution is -2.53. The number of hydrogen-bond donors (Lipinski definition) is 5. The molecule has 0 spiro atoms. The number of aliphatic hydroxyl groups excluding tert-OH is 1. The number of phenols is 2. The predicted molar refractivity (Wildman–Crippen MR) is 150 cm³/mol. The van der Waals surface area contributed by atoms with Crippen LogP contribution in [-0.4, -0.2) is 87.2 Å². The molecule has 1 heterocycles. The minimum absolute atomic E-state index is 0.0304. The average molecular weight is 600 g/mol. The van der Waals surface area contributed by atoms with Crippen LogP contribution in [0.15, 0.2) is 18.2 Å². The second-order valence-corrected chi connectivity index (χ2v) is 12.4. The van der Waals surface area contributed by atoms with Crippen molar-refractivity contribution in [3.05, 3.63) is 51.6 Å². The van der Waals surface area contributed by atoms with Gasteiger partial charge in [0.15, 0.2) is 17.9 Å². The van der Waals surface area contributed by atoms with Gasteiger partial charge in [-0.3, -0.25) is 14.4 Å². The first-order chi connectivity index (χ1) is 20.1. The molecule has 1 aliphatic heterocycles. The zero-order valence-electron chi connectivity index (χ0n) is 24.7. The van der Waals surface area contributed by atoms with E-state index < -0.39 is 101 Å². The molecule has 1 saturated heterocycles. The number of benzene rings is 2. The summed E-state index contributed by atoms with van der Waals surface area (Å²) in [5.74, 6) is -3.37. The van der Waals surface area contributed by atoms with Gasteiger partial charge in [0.25, 0.3) is 0 Å². The van der Waals surface area contributed by atoms with E-state index in [1.54, 1.807) is 27.7 Å². The number of Topliss-reactive ketones (excluding diaryl/α,β-unsaturated/α-hetero) is 1. The van der Waals surface area contributed by atoms with Crippen molar-refractivity contribution in [3.63, 3.8) is 0 Å². The predicted octanol–water partition coefficient (Wildman–Crippen LogP) is 1.82. The van der Waals surface area contributed by atoms with E-state index in [1.807, 2.05) is 0 Å². The summed E-state index contributed by atoms with van der Waals surface area (Å²) in [5.41, 5.74) is 2.05. The summed E-state index contributed by atoms with van der Waals surface area (Å²) < 4.78 is 22.9. The Labute approximate surface area is 248 Å². The van der Waals surface area contributed by atoms with E-state index in [0.29, 0.717) is 0 Å². The molecule has 1 unspecified atom stereocenters. The molecule has 1 fully saturated rings. The Balaban J connectivity index is 1.65. The highest BCUT2D eigenvalue weighted by atomic mass is 16.7. The van der Waals surface area contributed by atoms with Crippen molar-refractivity contribution in [1.29, 1.82) is 0 Å². The topological polar surface area (TPSA) is 195 Å². The first-order valence-corrected chi connectivity index (χ1v) is 14.1. The molecule has 12 nitrogen and oxygen atoms in total. The quantitative estimate of drug-likeness (QED) is 0.258. The highest BCUT2D eigenvalue weighted by Crippen LogP contribution is 2.52. The van der Waals surface area contributed by atoms with Crippen LogP contribution in [0, 0.1) is 0 Å². The van der Waals surface area contributed by atoms with E-state index in [1.165, 1.54) is 25.3 Å². The lowest BCUT2D eigenvalue weighted by Gasteiger charge is -2.42. The third-order valence-corrected chi connectivity index (χ3v) is 8.30. The van der Waals surface area contributed by atoms with Gasteiger partial charge in [0.2, 0.25) is 5.78 Å². The van der Waals surface area contributed by atoms with E-state index in [4.69, 9.17) is 24.7 Å². The Morgan fingerprint density at radius 2 is 1.79 bits per heavy atom. The van der Waals surface area contributed by atoms with Crippen LogP contribution < -0.4 is 10.5 Å². The van der Waals surface area contributed by atoms with Gasteiger partial charge in [-0.1, -0.05) is 12.1 Å². The number of aliphatic hydroxyl groups is 2. The van der Waals surface area contributed by atoms with E-state index in [2.05, 4.69) is 0 Å². The third-order valence-electron chi connectivity index (χ3n) is 8.30. The van der Waals surface area contributed by atoms with Crippen LogP contribution in [0.5, 0.6) is 17.2 Å². The molecule has 3 aliphatic rings. The molecule has 2 aliphatic carbocycles. The minimum atomic E-state index is -2.15. The Bertz CT molecular complexity index is 1480. The van der Waals surface area contributed by atoms with Gasteiger partial charge >= 0.3 is 0 Å². The molecule has 43 heavy (non-hydrogen) atoms. The fraction of sp³-hybridized carbons (Fsp3) is 0.516. The number of phenolic OH excluding ortho intramolecular Hbond substituents is 2. The number of nitrogens with two attached hydrogens (primary N) is 1. The maximum absolute atomic E-state index is 13.8. The molecule has 5 rings (SSSR count). The van der Waals surface area contributed by atoms with Crippen LogP contribution in [0.2, 0.25) is 0 Å². The first-order valence-electron chi connectivity index (χ1n) is 14.1. The van der Waals surface area contributed by atoms with Crippen LogP contribution in [0.25, 0.3) is 0 Å². The molecule has 6 atom stereocenters. The summed E-state index contributed by atoms with van der Waals surface area (Å²) in [7, 11) is 1.34. The first kappa shape index (κ1) is 31.0. The van der Waals surface area contributed by atoms with Gasteiger partial charge in [-0.25, -0.2) is 0 Å². The fourth-order valence-corrected chi connectivity index (χ4v) is 6.02. The zero-order chi connectivity index (χ0) is 31.6. The molecule has 232 valence electrons. The van der Waals surface area contributed by atoms with Gasteiger partial charge < -0.3 is 45.1 Å². The Hall–Kier alpha value is -3.39. The molecule has 0 bridgehead atoms. The summed E-state index contributed by atoms with van der Waals surface area (Å²) in [6.45, 7) is 6.39. The molecule has 2 aromatic carbocycles. The number of aromatic hydroxyl groups is 2. The van der Waals surface area contributed by atoms with Crippen molar-refractivity contribution in [2.45, 2.75) is 88.8 Å². The number of ether oxygens (including phenoxy) is 4. The average Bonchev–Trinajstić information content (AvgIpc) is 2.94. The van der Waals surface area contributed by atoms with Gasteiger partial charge in [-0.15, -0.1) is 0 Å². The number of fused-ring (bicyclic) bond motifs is 3. The van der Waals surface area contributed by atoms with Crippen molar-refractivity contribution >= 4 is 17.3 Å². The van der Waals surface area contributed by atoms with E-state index in [9.17, 15) is 34.8 Å². The second-order valence-electron chi connectivity index (χ2n) is 12.4. The SMILES string of the molecule is COc1cccc2c1C(=O)c1c(O)c3c(c(O)c1C2=O)C[C@@](O)(C(=O)COC(C)(C)C)C[C@@H]3OC1C[C@H](N)[C@H](O)[C@H](C)O1. The molecular formula is C31H37NO11. The highest BCUT2D eigenvalue weighted by molar-refractivity contribution is 6.31. The second kappa shape index (κ2) is 11.0. The zero-order valence-corrected chi connectivity index (χ0v) is 24.7. The van der Waals surface area contributed by atoms with Gasteiger partial charge in [-0.05, 0) is 33.8 Å². The normalized spacial score (nSPS) is 28.6. The Morgan fingerprint density at radius 3 is 2.42 bits per heavy atom. The lowest BCUT2D eigenvalue weighted by molar-refractivity contribution is -0.247. The number of carbonyl (C=O) groups excluding carboxylic acids is 3. The van der Waals surface area contributed by atoms with Crippen LogP contribution in [0.4, 0.5) is 0 Å².